The van der Waals surface area contributed by atoms with Gasteiger partial charge in [-0.2, -0.15) is 0 Å². The standard InChI is InChI=1S/C11H18N2O/c1-8(2)6-10-12-7-9-4-3-5-11(14)13(9)10/h7-8,11,14H,3-6H2,1-2H3. The van der Waals surface area contributed by atoms with E-state index in [1.807, 2.05) is 10.8 Å². The third-order valence-electron chi connectivity index (χ3n) is 2.73. The maximum Gasteiger partial charge on any atom is 0.132 e. The Morgan fingerprint density at radius 2 is 2.43 bits per heavy atom. The number of rotatable bonds is 2. The molecule has 0 aromatic carbocycles. The minimum Gasteiger partial charge on any atom is -0.373 e. The number of fused-ring (bicyclic) bond motifs is 1. The molecule has 2 rings (SSSR count). The van der Waals surface area contributed by atoms with E-state index < -0.39 is 0 Å². The van der Waals surface area contributed by atoms with Crippen molar-refractivity contribution < 1.29 is 5.11 Å². The van der Waals surface area contributed by atoms with Gasteiger partial charge in [0.1, 0.15) is 12.1 Å². The molecule has 1 atom stereocenters. The molecule has 3 nitrogen and oxygen atoms in total. The molecule has 0 saturated heterocycles. The topological polar surface area (TPSA) is 38.0 Å². The van der Waals surface area contributed by atoms with E-state index in [2.05, 4.69) is 18.8 Å². The van der Waals surface area contributed by atoms with Crippen LogP contribution in [-0.2, 0) is 12.8 Å². The van der Waals surface area contributed by atoms with E-state index in [4.69, 9.17) is 0 Å². The van der Waals surface area contributed by atoms with E-state index in [1.165, 1.54) is 5.69 Å². The molecule has 0 aliphatic carbocycles. The first kappa shape index (κ1) is 9.71. The van der Waals surface area contributed by atoms with Crippen molar-refractivity contribution in [3.05, 3.63) is 17.7 Å². The summed E-state index contributed by atoms with van der Waals surface area (Å²) in [6.45, 7) is 4.35. The molecular weight excluding hydrogens is 176 g/mol. The fourth-order valence-corrected chi connectivity index (χ4v) is 2.10. The van der Waals surface area contributed by atoms with Gasteiger partial charge in [-0.25, -0.2) is 4.98 Å². The van der Waals surface area contributed by atoms with Crippen molar-refractivity contribution in [2.75, 3.05) is 0 Å². The molecule has 1 unspecified atom stereocenters. The summed E-state index contributed by atoms with van der Waals surface area (Å²) in [5, 5.41) is 9.87. The zero-order valence-corrected chi connectivity index (χ0v) is 8.90. The summed E-state index contributed by atoms with van der Waals surface area (Å²) < 4.78 is 2.02. The molecule has 1 aromatic heterocycles. The lowest BCUT2D eigenvalue weighted by Crippen LogP contribution is -2.20. The summed E-state index contributed by atoms with van der Waals surface area (Å²) in [7, 11) is 0. The summed E-state index contributed by atoms with van der Waals surface area (Å²) in [6, 6.07) is 0. The van der Waals surface area contributed by atoms with E-state index in [9.17, 15) is 5.11 Å². The largest absolute Gasteiger partial charge is 0.373 e. The van der Waals surface area contributed by atoms with Crippen LogP contribution in [-0.4, -0.2) is 14.7 Å². The van der Waals surface area contributed by atoms with Crippen molar-refractivity contribution in [1.82, 2.24) is 9.55 Å². The first-order chi connectivity index (χ1) is 6.68. The van der Waals surface area contributed by atoms with Crippen molar-refractivity contribution in [3.63, 3.8) is 0 Å². The molecule has 1 aliphatic rings. The van der Waals surface area contributed by atoms with Gasteiger partial charge >= 0.3 is 0 Å². The van der Waals surface area contributed by atoms with Gasteiger partial charge in [-0.3, -0.25) is 0 Å². The molecule has 2 heterocycles. The van der Waals surface area contributed by atoms with Crippen LogP contribution in [0.4, 0.5) is 0 Å². The lowest BCUT2D eigenvalue weighted by atomic mass is 10.1. The zero-order chi connectivity index (χ0) is 10.1. The van der Waals surface area contributed by atoms with Crippen molar-refractivity contribution in [3.8, 4) is 0 Å². The fraction of sp³-hybridized carbons (Fsp3) is 0.727. The second-order valence-electron chi connectivity index (χ2n) is 4.51. The highest BCUT2D eigenvalue weighted by atomic mass is 16.3. The lowest BCUT2D eigenvalue weighted by Gasteiger charge is -2.23. The number of nitrogens with zero attached hydrogens (tertiary/aromatic N) is 2. The average Bonchev–Trinajstić information content (AvgIpc) is 2.49. The van der Waals surface area contributed by atoms with Crippen LogP contribution in [0, 0.1) is 5.92 Å². The molecule has 14 heavy (non-hydrogen) atoms. The summed E-state index contributed by atoms with van der Waals surface area (Å²) >= 11 is 0. The quantitative estimate of drug-likeness (QED) is 0.781. The van der Waals surface area contributed by atoms with Crippen LogP contribution in [0.3, 0.4) is 0 Å². The molecule has 0 saturated carbocycles. The van der Waals surface area contributed by atoms with Crippen LogP contribution >= 0.6 is 0 Å². The average molecular weight is 194 g/mol. The summed E-state index contributed by atoms with van der Waals surface area (Å²) in [5.41, 5.74) is 1.19. The number of hydrogen-bond acceptors (Lipinski definition) is 2. The molecule has 1 aliphatic heterocycles. The van der Waals surface area contributed by atoms with E-state index in [1.54, 1.807) is 0 Å². The predicted octanol–water partition coefficient (Wildman–Crippen LogP) is 1.91. The first-order valence-electron chi connectivity index (χ1n) is 5.41. The summed E-state index contributed by atoms with van der Waals surface area (Å²) in [4.78, 5) is 4.39. The number of aryl methyl sites for hydroxylation is 1. The Kier molecular flexibility index (Phi) is 2.59. The van der Waals surface area contributed by atoms with E-state index in [0.29, 0.717) is 5.92 Å². The van der Waals surface area contributed by atoms with Crippen LogP contribution < -0.4 is 0 Å². The van der Waals surface area contributed by atoms with E-state index in [0.717, 1.165) is 31.5 Å². The minimum atomic E-state index is -0.338. The van der Waals surface area contributed by atoms with E-state index >= 15 is 0 Å². The number of aliphatic hydroxyl groups excluding tert-OH is 1. The van der Waals surface area contributed by atoms with Gasteiger partial charge in [0.2, 0.25) is 0 Å². The van der Waals surface area contributed by atoms with Gasteiger partial charge < -0.3 is 9.67 Å². The number of hydrogen-bond donors (Lipinski definition) is 1. The molecule has 0 radical (unpaired) electrons. The highest BCUT2D eigenvalue weighted by Gasteiger charge is 2.21. The Bertz CT molecular complexity index is 317. The van der Waals surface area contributed by atoms with Gasteiger partial charge in [0.15, 0.2) is 0 Å². The number of aromatic nitrogens is 2. The van der Waals surface area contributed by atoms with Gasteiger partial charge in [0.25, 0.3) is 0 Å². The van der Waals surface area contributed by atoms with Gasteiger partial charge in [0, 0.05) is 18.3 Å². The Morgan fingerprint density at radius 1 is 1.64 bits per heavy atom. The predicted molar refractivity (Wildman–Crippen MR) is 55.0 cm³/mol. The fourth-order valence-electron chi connectivity index (χ4n) is 2.10. The smallest absolute Gasteiger partial charge is 0.132 e. The molecule has 0 amide bonds. The second-order valence-corrected chi connectivity index (χ2v) is 4.51. The minimum absolute atomic E-state index is 0.338. The molecule has 3 heteroatoms. The molecule has 1 aromatic rings. The van der Waals surface area contributed by atoms with Crippen LogP contribution in [0.15, 0.2) is 6.20 Å². The molecule has 78 valence electrons. The maximum absolute atomic E-state index is 9.87. The second kappa shape index (κ2) is 3.73. The maximum atomic E-state index is 9.87. The van der Waals surface area contributed by atoms with Gasteiger partial charge in [-0.1, -0.05) is 13.8 Å². The van der Waals surface area contributed by atoms with Gasteiger partial charge in [-0.15, -0.1) is 0 Å². The number of imidazole rings is 1. The molecule has 0 fully saturated rings. The number of aliphatic hydroxyl groups is 1. The molecule has 0 spiro atoms. The lowest BCUT2D eigenvalue weighted by molar-refractivity contribution is 0.0753. The Morgan fingerprint density at radius 3 is 3.14 bits per heavy atom. The van der Waals surface area contributed by atoms with Crippen molar-refractivity contribution in [1.29, 1.82) is 0 Å². The van der Waals surface area contributed by atoms with Crippen molar-refractivity contribution in [2.24, 2.45) is 5.92 Å². The third kappa shape index (κ3) is 1.69. The molecule has 0 bridgehead atoms. The normalized spacial score (nSPS) is 21.3. The van der Waals surface area contributed by atoms with E-state index in [-0.39, 0.29) is 6.23 Å². The zero-order valence-electron chi connectivity index (χ0n) is 8.90. The Balaban J connectivity index is 2.29. The summed E-state index contributed by atoms with van der Waals surface area (Å²) in [6.07, 6.45) is 5.54. The molecule has 1 N–H and O–H groups in total. The van der Waals surface area contributed by atoms with Crippen LogP contribution in [0.2, 0.25) is 0 Å². The monoisotopic (exact) mass is 194 g/mol. The van der Waals surface area contributed by atoms with Gasteiger partial charge in [0.05, 0.1) is 0 Å². The van der Waals surface area contributed by atoms with Gasteiger partial charge in [-0.05, 0) is 25.2 Å². The van der Waals surface area contributed by atoms with Crippen molar-refractivity contribution in [2.45, 2.75) is 45.8 Å². The summed E-state index contributed by atoms with van der Waals surface area (Å²) in [5.74, 6) is 1.64. The van der Waals surface area contributed by atoms with Crippen LogP contribution in [0.5, 0.6) is 0 Å². The highest BCUT2D eigenvalue weighted by molar-refractivity contribution is 5.09. The Hall–Kier alpha value is -0.830. The van der Waals surface area contributed by atoms with Crippen LogP contribution in [0.25, 0.3) is 0 Å². The molecular formula is C11H18N2O. The SMILES string of the molecule is CC(C)Cc1ncc2n1C(O)CCC2. The van der Waals surface area contributed by atoms with Crippen LogP contribution in [0.1, 0.15) is 44.4 Å². The van der Waals surface area contributed by atoms with Crippen molar-refractivity contribution >= 4 is 0 Å². The third-order valence-corrected chi connectivity index (χ3v) is 2.73. The first-order valence-corrected chi connectivity index (χ1v) is 5.41. The highest BCUT2D eigenvalue weighted by Crippen LogP contribution is 2.25. The Labute approximate surface area is 84.8 Å².